The van der Waals surface area contributed by atoms with E-state index in [2.05, 4.69) is 28.1 Å². The molecule has 0 nitrogen and oxygen atoms in total. The summed E-state index contributed by atoms with van der Waals surface area (Å²) in [5, 5.41) is 0.0754. The molecule has 0 bridgehead atoms. The van der Waals surface area contributed by atoms with Gasteiger partial charge in [0, 0.05) is 15.5 Å². The maximum atomic E-state index is 14.2. The first-order chi connectivity index (χ1) is 9.54. The van der Waals surface area contributed by atoms with Gasteiger partial charge in [0.1, 0.15) is 5.82 Å². The van der Waals surface area contributed by atoms with E-state index in [1.54, 1.807) is 6.07 Å². The summed E-state index contributed by atoms with van der Waals surface area (Å²) in [7, 11) is 0. The number of hydrogen-bond donors (Lipinski definition) is 0. The van der Waals surface area contributed by atoms with Gasteiger partial charge in [0.05, 0.1) is 10.4 Å². The molecule has 2 aromatic rings. The van der Waals surface area contributed by atoms with Gasteiger partial charge in [0.25, 0.3) is 0 Å². The van der Waals surface area contributed by atoms with Crippen LogP contribution in [-0.4, -0.2) is 0 Å². The highest BCUT2D eigenvalue weighted by Gasteiger charge is 2.51. The number of hydrogen-bond acceptors (Lipinski definition) is 0. The second-order valence-electron chi connectivity index (χ2n) is 5.17. The van der Waals surface area contributed by atoms with Gasteiger partial charge in [-0.3, -0.25) is 0 Å². The largest absolute Gasteiger partial charge is 0.207 e. The van der Waals surface area contributed by atoms with Gasteiger partial charge in [0.15, 0.2) is 0 Å². The summed E-state index contributed by atoms with van der Waals surface area (Å²) < 4.78 is 14.7. The van der Waals surface area contributed by atoms with Crippen molar-refractivity contribution in [1.29, 1.82) is 0 Å². The van der Waals surface area contributed by atoms with Crippen molar-refractivity contribution in [2.75, 3.05) is 0 Å². The average Bonchev–Trinajstić information content (AvgIpc) is 3.25. The molecule has 1 saturated carbocycles. The zero-order chi connectivity index (χ0) is 14.3. The van der Waals surface area contributed by atoms with Gasteiger partial charge in [-0.1, -0.05) is 41.9 Å². The summed E-state index contributed by atoms with van der Waals surface area (Å²) in [6, 6.07) is 13.1. The third-order valence-corrected chi connectivity index (χ3v) is 5.79. The van der Waals surface area contributed by atoms with Crippen molar-refractivity contribution in [3.05, 3.63) is 68.9 Å². The van der Waals surface area contributed by atoms with E-state index in [9.17, 15) is 4.39 Å². The Labute approximate surface area is 136 Å². The SMILES string of the molecule is Fc1cc(Br)c(Cl)cc1C(Cl)C1(c2ccccc2)CC1. The van der Waals surface area contributed by atoms with E-state index in [4.69, 9.17) is 23.2 Å². The fourth-order valence-corrected chi connectivity index (χ4v) is 3.62. The second-order valence-corrected chi connectivity index (χ2v) is 6.87. The quantitative estimate of drug-likeness (QED) is 0.440. The maximum Gasteiger partial charge on any atom is 0.129 e. The van der Waals surface area contributed by atoms with Gasteiger partial charge >= 0.3 is 0 Å². The lowest BCUT2D eigenvalue weighted by Gasteiger charge is -2.23. The van der Waals surface area contributed by atoms with Gasteiger partial charge in [-0.2, -0.15) is 0 Å². The number of rotatable bonds is 3. The first-order valence-corrected chi connectivity index (χ1v) is 7.99. The van der Waals surface area contributed by atoms with Crippen LogP contribution < -0.4 is 0 Å². The summed E-state index contributed by atoms with van der Waals surface area (Å²) in [5.74, 6) is -0.316. The maximum absolute atomic E-state index is 14.2. The van der Waals surface area contributed by atoms with Crippen LogP contribution in [0.3, 0.4) is 0 Å². The van der Waals surface area contributed by atoms with E-state index >= 15 is 0 Å². The molecule has 1 atom stereocenters. The van der Waals surface area contributed by atoms with Gasteiger partial charge in [-0.15, -0.1) is 11.6 Å². The van der Waals surface area contributed by atoms with Crippen molar-refractivity contribution in [1.82, 2.24) is 0 Å². The molecule has 1 fully saturated rings. The summed E-state index contributed by atoms with van der Waals surface area (Å²) >= 11 is 15.9. The first kappa shape index (κ1) is 14.4. The third-order valence-electron chi connectivity index (χ3n) is 3.94. The molecule has 2 aromatic carbocycles. The lowest BCUT2D eigenvalue weighted by atomic mass is 9.88. The molecule has 104 valence electrons. The highest BCUT2D eigenvalue weighted by Crippen LogP contribution is 2.59. The molecule has 0 amide bonds. The van der Waals surface area contributed by atoms with Crippen LogP contribution in [0.4, 0.5) is 4.39 Å². The summed E-state index contributed by atoms with van der Waals surface area (Å²) in [4.78, 5) is 0. The molecule has 4 heteroatoms. The third kappa shape index (κ3) is 2.38. The first-order valence-electron chi connectivity index (χ1n) is 6.39. The minimum Gasteiger partial charge on any atom is -0.207 e. The number of alkyl halides is 1. The van der Waals surface area contributed by atoms with Crippen LogP contribution in [-0.2, 0) is 5.41 Å². The summed E-state index contributed by atoms with van der Waals surface area (Å²) in [6.07, 6.45) is 1.94. The van der Waals surface area contributed by atoms with Crippen LogP contribution >= 0.6 is 39.1 Å². The fraction of sp³-hybridized carbons (Fsp3) is 0.250. The Balaban J connectivity index is 2.01. The summed E-state index contributed by atoms with van der Waals surface area (Å²) in [6.45, 7) is 0. The number of benzene rings is 2. The predicted octanol–water partition coefficient (Wildman–Crippen LogP) is 6.25. The van der Waals surface area contributed by atoms with Crippen molar-refractivity contribution in [2.45, 2.75) is 23.6 Å². The number of halogens is 4. The van der Waals surface area contributed by atoms with E-state index in [-0.39, 0.29) is 11.2 Å². The Hall–Kier alpha value is -0.570. The van der Waals surface area contributed by atoms with Crippen LogP contribution in [0, 0.1) is 5.82 Å². The minimum absolute atomic E-state index is 0.166. The topological polar surface area (TPSA) is 0 Å². The zero-order valence-corrected chi connectivity index (χ0v) is 13.6. The summed E-state index contributed by atoms with van der Waals surface area (Å²) in [5.41, 5.74) is 1.47. The van der Waals surface area contributed by atoms with Crippen molar-refractivity contribution in [3.63, 3.8) is 0 Å². The molecule has 3 rings (SSSR count). The molecular formula is C16H12BrCl2F. The van der Waals surface area contributed by atoms with E-state index in [0.717, 1.165) is 12.8 Å². The molecule has 1 aliphatic rings. The molecule has 0 N–H and O–H groups in total. The van der Waals surface area contributed by atoms with Crippen LogP contribution in [0.15, 0.2) is 46.9 Å². The zero-order valence-electron chi connectivity index (χ0n) is 10.5. The molecule has 0 saturated heterocycles. The Morgan fingerprint density at radius 3 is 2.40 bits per heavy atom. The van der Waals surface area contributed by atoms with Crippen molar-refractivity contribution in [2.24, 2.45) is 0 Å². The molecule has 0 radical (unpaired) electrons. The highest BCUT2D eigenvalue weighted by atomic mass is 79.9. The standard InChI is InChI=1S/C16H12BrCl2F/c17-12-9-14(20)11(8-13(12)18)15(19)16(6-7-16)10-4-2-1-3-5-10/h1-5,8-9,15H,6-7H2. The smallest absolute Gasteiger partial charge is 0.129 e. The van der Waals surface area contributed by atoms with E-state index in [0.29, 0.717) is 15.1 Å². The molecular weight excluding hydrogens is 362 g/mol. The van der Waals surface area contributed by atoms with Crippen molar-refractivity contribution >= 4 is 39.1 Å². The molecule has 1 unspecified atom stereocenters. The van der Waals surface area contributed by atoms with Crippen molar-refractivity contribution in [3.8, 4) is 0 Å². The van der Waals surface area contributed by atoms with Crippen LogP contribution in [0.25, 0.3) is 0 Å². The molecule has 0 aromatic heterocycles. The molecule has 0 spiro atoms. The Kier molecular flexibility index (Phi) is 3.83. The normalized spacial score (nSPS) is 17.8. The minimum atomic E-state index is -0.407. The van der Waals surface area contributed by atoms with Crippen LogP contribution in [0.1, 0.15) is 29.3 Å². The molecule has 20 heavy (non-hydrogen) atoms. The fourth-order valence-electron chi connectivity index (χ4n) is 2.62. The highest BCUT2D eigenvalue weighted by molar-refractivity contribution is 9.10. The van der Waals surface area contributed by atoms with Crippen LogP contribution in [0.5, 0.6) is 0 Å². The van der Waals surface area contributed by atoms with E-state index < -0.39 is 5.38 Å². The Morgan fingerprint density at radius 1 is 1.15 bits per heavy atom. The van der Waals surface area contributed by atoms with Crippen molar-refractivity contribution < 1.29 is 4.39 Å². The second kappa shape index (κ2) is 5.32. The average molecular weight is 374 g/mol. The Morgan fingerprint density at radius 2 is 1.80 bits per heavy atom. The van der Waals surface area contributed by atoms with Gasteiger partial charge in [-0.25, -0.2) is 4.39 Å². The van der Waals surface area contributed by atoms with E-state index in [1.165, 1.54) is 11.6 Å². The van der Waals surface area contributed by atoms with E-state index in [1.807, 2.05) is 18.2 Å². The monoisotopic (exact) mass is 372 g/mol. The Bertz CT molecular complexity index is 638. The molecule has 1 aliphatic carbocycles. The molecule has 0 aliphatic heterocycles. The lowest BCUT2D eigenvalue weighted by molar-refractivity contribution is 0.575. The van der Waals surface area contributed by atoms with Crippen LogP contribution in [0.2, 0.25) is 5.02 Å². The van der Waals surface area contributed by atoms with Gasteiger partial charge < -0.3 is 0 Å². The van der Waals surface area contributed by atoms with Gasteiger partial charge in [0.2, 0.25) is 0 Å². The predicted molar refractivity (Wildman–Crippen MR) is 85.1 cm³/mol. The lowest BCUT2D eigenvalue weighted by Crippen LogP contribution is -2.15. The van der Waals surface area contributed by atoms with Gasteiger partial charge in [-0.05, 0) is 46.5 Å². The molecule has 0 heterocycles.